The molecule has 5 nitrogen and oxygen atoms in total. The van der Waals surface area contributed by atoms with Gasteiger partial charge in [0.05, 0.1) is 0 Å². The van der Waals surface area contributed by atoms with Crippen molar-refractivity contribution in [1.29, 1.82) is 0 Å². The maximum Gasteiger partial charge on any atom is 0.315 e. The van der Waals surface area contributed by atoms with E-state index in [4.69, 9.17) is 0 Å². The lowest BCUT2D eigenvalue weighted by molar-refractivity contribution is -0.130. The van der Waals surface area contributed by atoms with Crippen molar-refractivity contribution in [3.63, 3.8) is 0 Å². The number of amides is 3. The molecule has 0 heterocycles. The summed E-state index contributed by atoms with van der Waals surface area (Å²) in [6, 6.07) is 7.80. The van der Waals surface area contributed by atoms with Crippen molar-refractivity contribution < 1.29 is 9.59 Å². The molecule has 1 aromatic rings. The number of nitrogens with one attached hydrogen (secondary N) is 2. The van der Waals surface area contributed by atoms with Crippen LogP contribution in [0.3, 0.4) is 0 Å². The zero-order valence-electron chi connectivity index (χ0n) is 16.5. The van der Waals surface area contributed by atoms with Crippen molar-refractivity contribution in [2.75, 3.05) is 13.6 Å². The molecule has 3 amide bonds. The number of nitrogens with zero attached hydrogens (tertiary/aromatic N) is 1. The van der Waals surface area contributed by atoms with Gasteiger partial charge >= 0.3 is 6.03 Å². The van der Waals surface area contributed by atoms with Gasteiger partial charge in [0.1, 0.15) is 0 Å². The topological polar surface area (TPSA) is 61.4 Å². The molecule has 4 fully saturated rings. The molecule has 4 saturated carbocycles. The highest BCUT2D eigenvalue weighted by atomic mass is 79.9. The summed E-state index contributed by atoms with van der Waals surface area (Å²) in [6.07, 6.45) is 7.82. The first-order valence-electron chi connectivity index (χ1n) is 10.5. The molecule has 0 spiro atoms. The average Bonchev–Trinajstić information content (AvgIpc) is 2.61. The predicted octanol–water partition coefficient (Wildman–Crippen LogP) is 4.07. The van der Waals surface area contributed by atoms with E-state index in [0.29, 0.717) is 19.5 Å². The van der Waals surface area contributed by atoms with Crippen molar-refractivity contribution in [1.82, 2.24) is 15.5 Å². The molecule has 152 valence electrons. The van der Waals surface area contributed by atoms with Crippen LogP contribution >= 0.6 is 15.9 Å². The van der Waals surface area contributed by atoms with E-state index in [2.05, 4.69) is 26.6 Å². The summed E-state index contributed by atoms with van der Waals surface area (Å²) < 4.78 is 1.00. The molecule has 5 rings (SSSR count). The monoisotopic (exact) mass is 447 g/mol. The summed E-state index contributed by atoms with van der Waals surface area (Å²) in [5.74, 6) is 2.45. The zero-order valence-corrected chi connectivity index (χ0v) is 18.1. The van der Waals surface area contributed by atoms with Crippen molar-refractivity contribution in [2.45, 2.75) is 57.0 Å². The highest BCUT2D eigenvalue weighted by molar-refractivity contribution is 9.10. The number of halogens is 1. The quantitative estimate of drug-likeness (QED) is 0.690. The van der Waals surface area contributed by atoms with Crippen LogP contribution in [0.4, 0.5) is 4.79 Å². The van der Waals surface area contributed by atoms with E-state index in [1.54, 1.807) is 11.9 Å². The SMILES string of the molecule is CN(Cc1ccccc1Br)C(=O)CCNC(=O)NC12CC3CC(CC(C3)C1)C2. The molecule has 28 heavy (non-hydrogen) atoms. The second kappa shape index (κ2) is 8.05. The fraction of sp³-hybridized carbons (Fsp3) is 0.636. The Morgan fingerprint density at radius 1 is 1.11 bits per heavy atom. The molecule has 2 N–H and O–H groups in total. The minimum absolute atomic E-state index is 0.0131. The molecular weight excluding hydrogens is 418 g/mol. The van der Waals surface area contributed by atoms with Gasteiger partial charge in [-0.25, -0.2) is 4.79 Å². The first-order chi connectivity index (χ1) is 13.4. The van der Waals surface area contributed by atoms with Gasteiger partial charge in [0.15, 0.2) is 0 Å². The number of carbonyl (C=O) groups is 2. The van der Waals surface area contributed by atoms with Gasteiger partial charge in [-0.05, 0) is 67.9 Å². The van der Waals surface area contributed by atoms with Crippen LogP contribution in [0.1, 0.15) is 50.5 Å². The van der Waals surface area contributed by atoms with Crippen molar-refractivity contribution in [2.24, 2.45) is 17.8 Å². The number of urea groups is 1. The Labute approximate surface area is 175 Å². The minimum atomic E-state index is -0.108. The molecule has 0 saturated heterocycles. The summed E-state index contributed by atoms with van der Waals surface area (Å²) in [7, 11) is 1.80. The molecule has 4 bridgehead atoms. The second-order valence-corrected chi connectivity index (χ2v) is 10.0. The number of carbonyl (C=O) groups excluding carboxylic acids is 2. The summed E-state index contributed by atoms with van der Waals surface area (Å²) in [5.41, 5.74) is 1.09. The van der Waals surface area contributed by atoms with Crippen LogP contribution in [0.2, 0.25) is 0 Å². The van der Waals surface area contributed by atoms with Crippen LogP contribution in [-0.2, 0) is 11.3 Å². The zero-order chi connectivity index (χ0) is 19.7. The second-order valence-electron chi connectivity index (χ2n) is 9.17. The molecule has 4 aliphatic rings. The van der Waals surface area contributed by atoms with Crippen LogP contribution in [0.25, 0.3) is 0 Å². The normalized spacial score (nSPS) is 30.1. The first kappa shape index (κ1) is 19.7. The van der Waals surface area contributed by atoms with Crippen LogP contribution < -0.4 is 10.6 Å². The van der Waals surface area contributed by atoms with E-state index in [0.717, 1.165) is 47.1 Å². The molecule has 6 heteroatoms. The molecule has 4 aliphatic carbocycles. The average molecular weight is 448 g/mol. The number of hydrogen-bond donors (Lipinski definition) is 2. The molecule has 0 aromatic heterocycles. The lowest BCUT2D eigenvalue weighted by Crippen LogP contribution is -2.61. The number of hydrogen-bond acceptors (Lipinski definition) is 2. The number of rotatable bonds is 6. The lowest BCUT2D eigenvalue weighted by Gasteiger charge is -2.56. The number of benzene rings is 1. The Bertz CT molecular complexity index is 716. The van der Waals surface area contributed by atoms with Crippen molar-refractivity contribution in [3.05, 3.63) is 34.3 Å². The summed E-state index contributed by atoms with van der Waals surface area (Å²) in [5, 5.41) is 6.21. The van der Waals surface area contributed by atoms with E-state index < -0.39 is 0 Å². The lowest BCUT2D eigenvalue weighted by atomic mass is 9.53. The van der Waals surface area contributed by atoms with Gasteiger partial charge in [0.25, 0.3) is 0 Å². The molecular formula is C22H30BrN3O2. The fourth-order valence-corrected chi connectivity index (χ4v) is 6.40. The summed E-state index contributed by atoms with van der Waals surface area (Å²) in [6.45, 7) is 0.928. The third kappa shape index (κ3) is 4.37. The Balaban J connectivity index is 1.21. The predicted molar refractivity (Wildman–Crippen MR) is 113 cm³/mol. The van der Waals surface area contributed by atoms with Crippen molar-refractivity contribution in [3.8, 4) is 0 Å². The summed E-state index contributed by atoms with van der Waals surface area (Å²) in [4.78, 5) is 26.6. The van der Waals surface area contributed by atoms with Crippen LogP contribution in [0.5, 0.6) is 0 Å². The molecule has 1 aromatic carbocycles. The van der Waals surface area contributed by atoms with Gasteiger partial charge in [-0.2, -0.15) is 0 Å². The van der Waals surface area contributed by atoms with Crippen molar-refractivity contribution >= 4 is 27.9 Å². The minimum Gasteiger partial charge on any atom is -0.341 e. The fourth-order valence-electron chi connectivity index (χ4n) is 5.99. The van der Waals surface area contributed by atoms with Gasteiger partial charge in [-0.15, -0.1) is 0 Å². The van der Waals surface area contributed by atoms with E-state index in [1.807, 2.05) is 24.3 Å². The van der Waals surface area contributed by atoms with E-state index in [-0.39, 0.29) is 17.5 Å². The third-order valence-electron chi connectivity index (χ3n) is 6.83. The van der Waals surface area contributed by atoms with Crippen LogP contribution in [-0.4, -0.2) is 36.0 Å². The Morgan fingerprint density at radius 3 is 2.32 bits per heavy atom. The molecule has 0 atom stereocenters. The first-order valence-corrected chi connectivity index (χ1v) is 11.3. The van der Waals surface area contributed by atoms with Gasteiger partial charge in [-0.3, -0.25) is 4.79 Å². The van der Waals surface area contributed by atoms with Crippen LogP contribution in [0, 0.1) is 17.8 Å². The third-order valence-corrected chi connectivity index (χ3v) is 7.61. The van der Waals surface area contributed by atoms with E-state index in [9.17, 15) is 9.59 Å². The molecule has 0 unspecified atom stereocenters. The molecule has 0 aliphatic heterocycles. The van der Waals surface area contributed by atoms with Gasteiger partial charge in [0.2, 0.25) is 5.91 Å². The Hall–Kier alpha value is -1.56. The highest BCUT2D eigenvalue weighted by Gasteiger charge is 2.51. The van der Waals surface area contributed by atoms with E-state index >= 15 is 0 Å². The molecule has 0 radical (unpaired) electrons. The van der Waals surface area contributed by atoms with Gasteiger partial charge in [-0.1, -0.05) is 34.1 Å². The largest absolute Gasteiger partial charge is 0.341 e. The standard InChI is InChI=1S/C22H30BrN3O2/c1-26(14-18-4-2-3-5-19(18)23)20(27)6-7-24-21(28)25-22-11-15-8-16(12-22)10-17(9-15)13-22/h2-5,15-17H,6-14H2,1H3,(H2,24,25,28). The Kier molecular flexibility index (Phi) is 5.68. The maximum absolute atomic E-state index is 12.5. The summed E-state index contributed by atoms with van der Waals surface area (Å²) >= 11 is 3.52. The van der Waals surface area contributed by atoms with E-state index in [1.165, 1.54) is 19.3 Å². The Morgan fingerprint density at radius 2 is 1.71 bits per heavy atom. The van der Waals surface area contributed by atoms with Crippen LogP contribution in [0.15, 0.2) is 28.7 Å². The smallest absolute Gasteiger partial charge is 0.315 e. The van der Waals surface area contributed by atoms with Gasteiger partial charge in [0, 0.05) is 36.6 Å². The van der Waals surface area contributed by atoms with Gasteiger partial charge < -0.3 is 15.5 Å². The maximum atomic E-state index is 12.5. The highest BCUT2D eigenvalue weighted by Crippen LogP contribution is 2.55.